The van der Waals surface area contributed by atoms with Crippen LogP contribution in [0.15, 0.2) is 42.6 Å². The number of hydrogen-bond acceptors (Lipinski definition) is 3. The molecule has 0 saturated carbocycles. The third kappa shape index (κ3) is 4.70. The van der Waals surface area contributed by atoms with Crippen molar-refractivity contribution < 1.29 is 9.13 Å². The first-order valence-electron chi connectivity index (χ1n) is 13.5. The molecular weight excluding hydrogens is 465 g/mol. The van der Waals surface area contributed by atoms with Gasteiger partial charge in [0, 0.05) is 28.3 Å². The van der Waals surface area contributed by atoms with Crippen LogP contribution in [0.4, 0.5) is 15.8 Å². The molecule has 6 heteroatoms. The van der Waals surface area contributed by atoms with E-state index in [-0.39, 0.29) is 11.6 Å². The molecule has 1 N–H and O–H groups in total. The van der Waals surface area contributed by atoms with Gasteiger partial charge in [-0.15, -0.1) is 0 Å². The van der Waals surface area contributed by atoms with Crippen molar-refractivity contribution in [2.45, 2.75) is 76.9 Å². The summed E-state index contributed by atoms with van der Waals surface area (Å²) < 4.78 is 22.2. The number of likely N-dealkylation sites (tertiary alicyclic amines) is 1. The molecule has 0 spiro atoms. The average molecular weight is 510 g/mol. The van der Waals surface area contributed by atoms with Gasteiger partial charge in [-0.2, -0.15) is 0 Å². The Morgan fingerprint density at radius 2 is 1.50 bits per heavy atom. The summed E-state index contributed by atoms with van der Waals surface area (Å²) in [6, 6.07) is 11.8. The molecule has 1 aliphatic heterocycles. The molecule has 2 aromatic carbocycles. The Labute approximate surface area is 217 Å². The summed E-state index contributed by atoms with van der Waals surface area (Å²) in [5.74, 6) is 0.495. The Bertz CT molecular complexity index is 1170. The normalized spacial score (nSPS) is 16.0. The van der Waals surface area contributed by atoms with Gasteiger partial charge in [0.25, 0.3) is 0 Å². The van der Waals surface area contributed by atoms with Crippen LogP contribution in [0.25, 0.3) is 10.9 Å². The Balaban J connectivity index is 1.87. The Hall–Kier alpha value is -2.31. The number of piperidine rings is 1. The maximum absolute atomic E-state index is 14.4. The van der Waals surface area contributed by atoms with Gasteiger partial charge < -0.3 is 19.2 Å². The van der Waals surface area contributed by atoms with Crippen molar-refractivity contribution in [3.63, 3.8) is 0 Å². The summed E-state index contributed by atoms with van der Waals surface area (Å²) in [7, 11) is 1.76. The Morgan fingerprint density at radius 3 is 2.06 bits per heavy atom. The first-order valence-corrected chi connectivity index (χ1v) is 15.7. The molecule has 1 fully saturated rings. The fourth-order valence-electron chi connectivity index (χ4n) is 7.04. The van der Waals surface area contributed by atoms with Crippen LogP contribution in [-0.2, 0) is 0 Å². The summed E-state index contributed by atoms with van der Waals surface area (Å²) in [6.07, 6.45) is 4.96. The van der Waals surface area contributed by atoms with E-state index in [1.807, 2.05) is 6.07 Å². The first kappa shape index (κ1) is 26.7. The van der Waals surface area contributed by atoms with Crippen molar-refractivity contribution in [3.8, 4) is 5.75 Å². The highest BCUT2D eigenvalue weighted by atomic mass is 28.3. The number of anilines is 2. The van der Waals surface area contributed by atoms with E-state index in [4.69, 9.17) is 4.74 Å². The van der Waals surface area contributed by atoms with Gasteiger partial charge in [-0.3, -0.25) is 0 Å². The van der Waals surface area contributed by atoms with E-state index in [1.54, 1.807) is 6.07 Å². The van der Waals surface area contributed by atoms with Gasteiger partial charge >= 0.3 is 0 Å². The minimum absolute atomic E-state index is 0.259. The molecule has 0 atom stereocenters. The number of fused-ring (bicyclic) bond motifs is 1. The maximum Gasteiger partial charge on any atom is 0.169 e. The summed E-state index contributed by atoms with van der Waals surface area (Å²) in [6.45, 7) is 16.9. The predicted octanol–water partition coefficient (Wildman–Crippen LogP) is 8.37. The van der Waals surface area contributed by atoms with Crippen molar-refractivity contribution in [1.82, 2.24) is 9.13 Å². The number of nitrogens with one attached hydrogen (secondary N) is 1. The lowest BCUT2D eigenvalue weighted by Gasteiger charge is -2.44. The minimum atomic E-state index is -1.96. The van der Waals surface area contributed by atoms with Gasteiger partial charge in [0.15, 0.2) is 19.8 Å². The quantitative estimate of drug-likeness (QED) is 0.309. The van der Waals surface area contributed by atoms with E-state index in [0.29, 0.717) is 22.5 Å². The second-order valence-corrected chi connectivity index (χ2v) is 17.3. The molecule has 3 aromatic rings. The fraction of sp³-hybridized carbons (Fsp3) is 0.533. The zero-order chi connectivity index (χ0) is 26.2. The monoisotopic (exact) mass is 509 g/mol. The highest BCUT2D eigenvalue weighted by Crippen LogP contribution is 2.46. The molecule has 0 amide bonds. The van der Waals surface area contributed by atoms with Gasteiger partial charge in [-0.25, -0.2) is 4.39 Å². The number of halogens is 1. The van der Waals surface area contributed by atoms with E-state index in [0.717, 1.165) is 24.5 Å². The second-order valence-electron chi connectivity index (χ2n) is 11.6. The predicted molar refractivity (Wildman–Crippen MR) is 154 cm³/mol. The molecule has 2 heterocycles. The molecule has 36 heavy (non-hydrogen) atoms. The molecule has 4 rings (SSSR count). The zero-order valence-electron chi connectivity index (χ0n) is 23.4. The number of methoxy groups -OCH3 is 1. The summed E-state index contributed by atoms with van der Waals surface area (Å²) >= 11 is 0. The van der Waals surface area contributed by atoms with Crippen LogP contribution < -0.4 is 10.1 Å². The van der Waals surface area contributed by atoms with Crippen LogP contribution in [0.1, 0.15) is 65.9 Å². The lowest BCUT2D eigenvalue weighted by Crippen LogP contribution is -2.51. The van der Waals surface area contributed by atoms with E-state index in [2.05, 4.69) is 87.4 Å². The van der Waals surface area contributed by atoms with Crippen LogP contribution in [0.3, 0.4) is 0 Å². The number of rotatable bonds is 8. The molecule has 4 nitrogen and oxygen atoms in total. The molecular formula is C30H44FN3OSi. The van der Waals surface area contributed by atoms with E-state index in [1.165, 1.54) is 42.5 Å². The lowest BCUT2D eigenvalue weighted by atomic mass is 9.89. The SMILES string of the molecule is COc1ccc(Nc2ccc3c(C4CCN(C)CC4)cn([Si](C(C)C)(C(C)C)C(C)C)c3c2)cc1F. The first-order chi connectivity index (χ1) is 17.1. The van der Waals surface area contributed by atoms with Crippen molar-refractivity contribution >= 4 is 30.5 Å². The highest BCUT2D eigenvalue weighted by Gasteiger charge is 2.46. The number of nitrogens with zero attached hydrogens (tertiary/aromatic N) is 2. The largest absolute Gasteiger partial charge is 0.494 e. The fourth-order valence-corrected chi connectivity index (χ4v) is 13.7. The molecule has 1 aliphatic rings. The van der Waals surface area contributed by atoms with Gasteiger partial charge in [0.1, 0.15) is 0 Å². The highest BCUT2D eigenvalue weighted by molar-refractivity contribution is 6.82. The Kier molecular flexibility index (Phi) is 7.86. The summed E-state index contributed by atoms with van der Waals surface area (Å²) in [5.41, 5.74) is 6.36. The Morgan fingerprint density at radius 1 is 0.917 bits per heavy atom. The number of aromatic nitrogens is 1. The van der Waals surface area contributed by atoms with Gasteiger partial charge in [-0.1, -0.05) is 47.6 Å². The summed E-state index contributed by atoms with van der Waals surface area (Å²) in [4.78, 5) is 2.45. The number of benzene rings is 2. The molecule has 1 aromatic heterocycles. The average Bonchev–Trinajstić information content (AvgIpc) is 3.18. The van der Waals surface area contributed by atoms with E-state index < -0.39 is 8.24 Å². The van der Waals surface area contributed by atoms with Crippen LogP contribution in [0.2, 0.25) is 16.6 Å². The van der Waals surface area contributed by atoms with Crippen molar-refractivity contribution in [1.29, 1.82) is 0 Å². The summed E-state index contributed by atoms with van der Waals surface area (Å²) in [5, 5.41) is 4.83. The second kappa shape index (κ2) is 10.6. The van der Waals surface area contributed by atoms with Crippen molar-refractivity contribution in [2.24, 2.45) is 0 Å². The topological polar surface area (TPSA) is 29.4 Å². The van der Waals surface area contributed by atoms with Crippen LogP contribution in [0.5, 0.6) is 5.75 Å². The van der Waals surface area contributed by atoms with E-state index >= 15 is 0 Å². The third-order valence-corrected chi connectivity index (χ3v) is 15.4. The lowest BCUT2D eigenvalue weighted by molar-refractivity contribution is 0.256. The van der Waals surface area contributed by atoms with Gasteiger partial charge in [-0.05, 0) is 91.5 Å². The standard InChI is InChI=1S/C30H44FN3OSi/c1-20(2)36(21(3)4,22(5)6)34-19-27(23-13-15-33(7)16-14-23)26-11-9-25(18-29(26)34)32-24-10-12-30(35-8)28(31)17-24/h9-12,17-23,32H,13-16H2,1-8H3. The number of hydrogen-bond donors (Lipinski definition) is 1. The zero-order valence-corrected chi connectivity index (χ0v) is 24.4. The maximum atomic E-state index is 14.4. The molecule has 0 radical (unpaired) electrons. The molecule has 1 saturated heterocycles. The van der Waals surface area contributed by atoms with Crippen molar-refractivity contribution in [2.75, 3.05) is 32.6 Å². The van der Waals surface area contributed by atoms with Gasteiger partial charge in [0.05, 0.1) is 7.11 Å². The molecule has 196 valence electrons. The number of ether oxygens (including phenoxy) is 1. The third-order valence-electron chi connectivity index (χ3n) is 8.63. The van der Waals surface area contributed by atoms with Crippen LogP contribution in [-0.4, -0.2) is 44.6 Å². The van der Waals surface area contributed by atoms with Crippen LogP contribution >= 0.6 is 0 Å². The van der Waals surface area contributed by atoms with E-state index in [9.17, 15) is 4.39 Å². The molecule has 0 aliphatic carbocycles. The van der Waals surface area contributed by atoms with Crippen molar-refractivity contribution in [3.05, 3.63) is 54.0 Å². The molecule has 0 unspecified atom stereocenters. The van der Waals surface area contributed by atoms with Gasteiger partial charge in [0.2, 0.25) is 0 Å². The van der Waals surface area contributed by atoms with Crippen LogP contribution in [0, 0.1) is 5.82 Å². The smallest absolute Gasteiger partial charge is 0.169 e. The minimum Gasteiger partial charge on any atom is -0.494 e. The molecule has 0 bridgehead atoms.